The Bertz CT molecular complexity index is 429. The third kappa shape index (κ3) is 4.91. The largest absolute Gasteiger partial charge is 0.314 e. The molecule has 7 heteroatoms. The molecule has 1 aromatic carbocycles. The zero-order valence-corrected chi connectivity index (χ0v) is 14.8. The number of benzene rings is 1. The Balaban J connectivity index is 0.00000200. The summed E-state index contributed by atoms with van der Waals surface area (Å²) in [5, 5.41) is 3.25. The summed E-state index contributed by atoms with van der Waals surface area (Å²) in [5.41, 5.74) is 0.927. The van der Waals surface area contributed by atoms with E-state index in [4.69, 9.17) is 0 Å². The molecular formula is C13H17Br2ClF2N2. The molecule has 1 heterocycles. The van der Waals surface area contributed by atoms with Crippen LogP contribution < -0.4 is 5.32 Å². The van der Waals surface area contributed by atoms with Gasteiger partial charge in [0, 0.05) is 47.6 Å². The van der Waals surface area contributed by atoms with E-state index in [1.54, 1.807) is 0 Å². The van der Waals surface area contributed by atoms with E-state index in [0.717, 1.165) is 40.7 Å². The number of halogens is 5. The maximum absolute atomic E-state index is 12.9. The van der Waals surface area contributed by atoms with E-state index in [1.165, 1.54) is 0 Å². The van der Waals surface area contributed by atoms with Crippen LogP contribution in [0.2, 0.25) is 0 Å². The zero-order valence-electron chi connectivity index (χ0n) is 10.8. The summed E-state index contributed by atoms with van der Waals surface area (Å²) in [6.07, 6.45) is -2.43. The van der Waals surface area contributed by atoms with Crippen LogP contribution in [0.3, 0.4) is 0 Å². The number of rotatable bonds is 4. The van der Waals surface area contributed by atoms with Gasteiger partial charge in [0.1, 0.15) is 0 Å². The van der Waals surface area contributed by atoms with Gasteiger partial charge < -0.3 is 5.32 Å². The van der Waals surface area contributed by atoms with Crippen LogP contribution in [0.1, 0.15) is 18.0 Å². The van der Waals surface area contributed by atoms with Crippen molar-refractivity contribution in [3.05, 3.63) is 32.7 Å². The fourth-order valence-electron chi connectivity index (χ4n) is 2.41. The molecule has 1 aliphatic rings. The van der Waals surface area contributed by atoms with Crippen molar-refractivity contribution < 1.29 is 8.78 Å². The fourth-order valence-corrected chi connectivity index (χ4v) is 3.29. The molecule has 0 amide bonds. The van der Waals surface area contributed by atoms with Crippen molar-refractivity contribution in [2.24, 2.45) is 0 Å². The lowest BCUT2D eigenvalue weighted by Gasteiger charge is -2.35. The summed E-state index contributed by atoms with van der Waals surface area (Å²) in [6.45, 7) is 3.31. The van der Waals surface area contributed by atoms with Crippen molar-refractivity contribution in [1.29, 1.82) is 0 Å². The van der Waals surface area contributed by atoms with Gasteiger partial charge in [-0.3, -0.25) is 4.90 Å². The van der Waals surface area contributed by atoms with Crippen LogP contribution in [0.4, 0.5) is 8.78 Å². The van der Waals surface area contributed by atoms with Gasteiger partial charge in [-0.2, -0.15) is 0 Å². The molecule has 1 aliphatic heterocycles. The van der Waals surface area contributed by atoms with Crippen molar-refractivity contribution in [2.75, 3.05) is 26.2 Å². The zero-order chi connectivity index (χ0) is 13.8. The topological polar surface area (TPSA) is 15.3 Å². The maximum atomic E-state index is 12.9. The first-order chi connectivity index (χ1) is 9.08. The smallest absolute Gasteiger partial charge is 0.240 e. The maximum Gasteiger partial charge on any atom is 0.240 e. The Kier molecular flexibility index (Phi) is 7.90. The van der Waals surface area contributed by atoms with E-state index in [-0.39, 0.29) is 24.9 Å². The second-order valence-corrected chi connectivity index (χ2v) is 6.36. The average Bonchev–Trinajstić information content (AvgIpc) is 2.40. The first-order valence-corrected chi connectivity index (χ1v) is 7.84. The molecule has 1 saturated heterocycles. The highest BCUT2D eigenvalue weighted by Crippen LogP contribution is 2.34. The lowest BCUT2D eigenvalue weighted by molar-refractivity contribution is 0.0736. The van der Waals surface area contributed by atoms with Crippen LogP contribution in [0, 0.1) is 0 Å². The number of hydrogen-bond acceptors (Lipinski definition) is 2. The van der Waals surface area contributed by atoms with E-state index in [1.807, 2.05) is 18.2 Å². The third-order valence-electron chi connectivity index (χ3n) is 3.31. The highest BCUT2D eigenvalue weighted by atomic mass is 79.9. The first-order valence-electron chi connectivity index (χ1n) is 6.26. The molecule has 0 saturated carbocycles. The second kappa shape index (κ2) is 8.63. The lowest BCUT2D eigenvalue weighted by atomic mass is 10.0. The van der Waals surface area contributed by atoms with Gasteiger partial charge in [-0.25, -0.2) is 8.78 Å². The molecule has 0 radical (unpaired) electrons. The average molecular weight is 435 g/mol. The minimum Gasteiger partial charge on any atom is -0.314 e. The normalized spacial score (nSPS) is 17.9. The molecule has 0 bridgehead atoms. The minimum atomic E-state index is -2.30. The summed E-state index contributed by atoms with van der Waals surface area (Å²) in [5.74, 6) is 0. The fraction of sp³-hybridized carbons (Fsp3) is 0.538. The number of nitrogens with one attached hydrogen (secondary N) is 1. The van der Waals surface area contributed by atoms with Gasteiger partial charge in [0.2, 0.25) is 6.43 Å². The summed E-state index contributed by atoms with van der Waals surface area (Å²) >= 11 is 6.90. The van der Waals surface area contributed by atoms with Crippen molar-refractivity contribution in [3.63, 3.8) is 0 Å². The summed E-state index contributed by atoms with van der Waals surface area (Å²) in [7, 11) is 0. The van der Waals surface area contributed by atoms with Gasteiger partial charge in [0.15, 0.2) is 0 Å². The molecule has 1 N–H and O–H groups in total. The molecule has 114 valence electrons. The van der Waals surface area contributed by atoms with Gasteiger partial charge in [0.05, 0.1) is 0 Å². The summed E-state index contributed by atoms with van der Waals surface area (Å²) < 4.78 is 27.6. The molecular weight excluding hydrogens is 417 g/mol. The van der Waals surface area contributed by atoms with Gasteiger partial charge in [-0.05, 0) is 23.8 Å². The van der Waals surface area contributed by atoms with Gasteiger partial charge in [-0.1, -0.05) is 31.9 Å². The predicted molar refractivity (Wildman–Crippen MR) is 86.9 cm³/mol. The Morgan fingerprint density at radius 2 is 1.85 bits per heavy atom. The van der Waals surface area contributed by atoms with Crippen molar-refractivity contribution in [1.82, 2.24) is 10.2 Å². The molecule has 1 fully saturated rings. The molecule has 1 aromatic rings. The van der Waals surface area contributed by atoms with E-state index in [2.05, 4.69) is 42.1 Å². The molecule has 0 aromatic heterocycles. The van der Waals surface area contributed by atoms with Crippen LogP contribution in [0.15, 0.2) is 27.1 Å². The SMILES string of the molecule is Cl.FC(F)C[C@@H](c1cc(Br)ccc1Br)N1CCNCC1. The molecule has 0 spiro atoms. The highest BCUT2D eigenvalue weighted by Gasteiger charge is 2.26. The predicted octanol–water partition coefficient (Wildman–Crippen LogP) is 4.23. The van der Waals surface area contributed by atoms with E-state index >= 15 is 0 Å². The number of piperazine rings is 1. The molecule has 2 rings (SSSR count). The van der Waals surface area contributed by atoms with Crippen LogP contribution in [0.5, 0.6) is 0 Å². The standard InChI is InChI=1S/C13H16Br2F2N2.ClH/c14-9-1-2-11(15)10(7-9)12(8-13(16)17)19-5-3-18-4-6-19;/h1-2,7,12-13,18H,3-6,8H2;1H/t12-;/m0./s1. The van der Waals surface area contributed by atoms with Crippen LogP contribution in [-0.2, 0) is 0 Å². The van der Waals surface area contributed by atoms with Crippen LogP contribution in [-0.4, -0.2) is 37.5 Å². The number of nitrogens with zero attached hydrogens (tertiary/aromatic N) is 1. The molecule has 2 nitrogen and oxygen atoms in total. The summed E-state index contributed by atoms with van der Waals surface area (Å²) in [6, 6.07) is 5.50. The van der Waals surface area contributed by atoms with Crippen LogP contribution >= 0.6 is 44.3 Å². The number of alkyl halides is 2. The molecule has 0 aliphatic carbocycles. The van der Waals surface area contributed by atoms with Crippen LogP contribution in [0.25, 0.3) is 0 Å². The quantitative estimate of drug-likeness (QED) is 0.763. The highest BCUT2D eigenvalue weighted by molar-refractivity contribution is 9.11. The van der Waals surface area contributed by atoms with Crippen molar-refractivity contribution in [3.8, 4) is 0 Å². The van der Waals surface area contributed by atoms with Crippen molar-refractivity contribution in [2.45, 2.75) is 18.9 Å². The Labute approximate surface area is 141 Å². The second-order valence-electron chi connectivity index (χ2n) is 4.59. The molecule has 0 unspecified atom stereocenters. The van der Waals surface area contributed by atoms with E-state index in [9.17, 15) is 8.78 Å². The Hall–Kier alpha value is 0.250. The Morgan fingerprint density at radius 3 is 2.45 bits per heavy atom. The van der Waals surface area contributed by atoms with E-state index < -0.39 is 6.43 Å². The third-order valence-corrected chi connectivity index (χ3v) is 4.53. The van der Waals surface area contributed by atoms with Gasteiger partial charge >= 0.3 is 0 Å². The lowest BCUT2D eigenvalue weighted by Crippen LogP contribution is -2.45. The minimum absolute atomic E-state index is 0. The summed E-state index contributed by atoms with van der Waals surface area (Å²) in [4.78, 5) is 2.13. The molecule has 1 atom stereocenters. The van der Waals surface area contributed by atoms with Gasteiger partial charge in [-0.15, -0.1) is 12.4 Å². The number of hydrogen-bond donors (Lipinski definition) is 1. The Morgan fingerprint density at radius 1 is 1.20 bits per heavy atom. The molecule has 20 heavy (non-hydrogen) atoms. The van der Waals surface area contributed by atoms with Gasteiger partial charge in [0.25, 0.3) is 0 Å². The van der Waals surface area contributed by atoms with E-state index in [0.29, 0.717) is 0 Å². The monoisotopic (exact) mass is 432 g/mol. The van der Waals surface area contributed by atoms with Crippen molar-refractivity contribution >= 4 is 44.3 Å². The first kappa shape index (κ1) is 18.3.